The van der Waals surface area contributed by atoms with Crippen molar-refractivity contribution in [3.05, 3.63) is 0 Å². The molecule has 17 heavy (non-hydrogen) atoms. The summed E-state index contributed by atoms with van der Waals surface area (Å²) in [5, 5.41) is 7.88. The highest BCUT2D eigenvalue weighted by Crippen LogP contribution is 2.33. The first-order valence-electron chi connectivity index (χ1n) is 7.86. The van der Waals surface area contributed by atoms with Crippen molar-refractivity contribution >= 4 is 0 Å². The molecule has 2 heteroatoms. The molecule has 2 atom stereocenters. The van der Waals surface area contributed by atoms with Gasteiger partial charge in [-0.2, -0.15) is 0 Å². The Bertz CT molecular complexity index is 243. The van der Waals surface area contributed by atoms with E-state index in [4.69, 9.17) is 0 Å². The summed E-state index contributed by atoms with van der Waals surface area (Å²) in [5.74, 6) is 0.909. The number of nitrogens with one attached hydrogen (secondary N) is 2. The van der Waals surface area contributed by atoms with Gasteiger partial charge in [-0.25, -0.2) is 0 Å². The number of hydrogen-bond donors (Lipinski definition) is 2. The van der Waals surface area contributed by atoms with Crippen LogP contribution >= 0.6 is 0 Å². The molecule has 2 aliphatic carbocycles. The minimum absolute atomic E-state index is 0.452. The first-order chi connectivity index (χ1) is 8.38. The molecule has 2 N–H and O–H groups in total. The zero-order valence-electron chi connectivity index (χ0n) is 11.1. The molecule has 1 saturated heterocycles. The second kappa shape index (κ2) is 5.27. The van der Waals surface area contributed by atoms with Crippen molar-refractivity contribution in [3.63, 3.8) is 0 Å². The molecule has 98 valence electrons. The number of fused-ring (bicyclic) bond motifs is 1. The van der Waals surface area contributed by atoms with Crippen molar-refractivity contribution in [1.29, 1.82) is 0 Å². The molecular weight excluding hydrogens is 208 g/mol. The summed E-state index contributed by atoms with van der Waals surface area (Å²) in [4.78, 5) is 0. The van der Waals surface area contributed by atoms with Gasteiger partial charge in [0.2, 0.25) is 0 Å². The van der Waals surface area contributed by atoms with E-state index < -0.39 is 0 Å². The predicted octanol–water partition coefficient (Wildman–Crippen LogP) is 2.83. The van der Waals surface area contributed by atoms with Crippen molar-refractivity contribution in [2.45, 2.75) is 75.8 Å². The van der Waals surface area contributed by atoms with E-state index in [1.54, 1.807) is 0 Å². The van der Waals surface area contributed by atoms with Gasteiger partial charge in [0.15, 0.2) is 0 Å². The van der Waals surface area contributed by atoms with Gasteiger partial charge in [-0.1, -0.05) is 38.5 Å². The van der Waals surface area contributed by atoms with E-state index in [1.165, 1.54) is 77.3 Å². The Hall–Kier alpha value is -0.0800. The lowest BCUT2D eigenvalue weighted by atomic mass is 9.82. The summed E-state index contributed by atoms with van der Waals surface area (Å²) in [5.41, 5.74) is 0.452. The van der Waals surface area contributed by atoms with Gasteiger partial charge in [0.05, 0.1) is 0 Å². The molecule has 0 radical (unpaired) electrons. The van der Waals surface area contributed by atoms with Crippen molar-refractivity contribution < 1.29 is 0 Å². The first kappa shape index (κ1) is 12.0. The van der Waals surface area contributed by atoms with Crippen LogP contribution in [0, 0.1) is 5.92 Å². The van der Waals surface area contributed by atoms with Crippen LogP contribution in [0.5, 0.6) is 0 Å². The SMILES string of the molecule is C1CCCC2(CC1)CNCC1CCCCC1N2. The van der Waals surface area contributed by atoms with E-state index in [-0.39, 0.29) is 0 Å². The monoisotopic (exact) mass is 236 g/mol. The zero-order valence-corrected chi connectivity index (χ0v) is 11.1. The molecule has 1 spiro atoms. The van der Waals surface area contributed by atoms with Gasteiger partial charge in [0, 0.05) is 18.1 Å². The molecular formula is C15H28N2. The molecule has 2 saturated carbocycles. The molecule has 3 rings (SSSR count). The topological polar surface area (TPSA) is 24.1 Å². The Morgan fingerprint density at radius 3 is 2.41 bits per heavy atom. The average Bonchev–Trinajstić information content (AvgIpc) is 2.67. The Kier molecular flexibility index (Phi) is 3.72. The predicted molar refractivity (Wildman–Crippen MR) is 72.2 cm³/mol. The molecule has 3 fully saturated rings. The molecule has 0 aromatic carbocycles. The minimum atomic E-state index is 0.452. The maximum Gasteiger partial charge on any atom is 0.0308 e. The van der Waals surface area contributed by atoms with Gasteiger partial charge in [-0.3, -0.25) is 0 Å². The normalized spacial score (nSPS) is 38.1. The minimum Gasteiger partial charge on any atom is -0.315 e. The fraction of sp³-hybridized carbons (Fsp3) is 1.00. The first-order valence-corrected chi connectivity index (χ1v) is 7.86. The lowest BCUT2D eigenvalue weighted by Gasteiger charge is -2.39. The lowest BCUT2D eigenvalue weighted by molar-refractivity contribution is 0.208. The van der Waals surface area contributed by atoms with E-state index in [1.807, 2.05) is 0 Å². The van der Waals surface area contributed by atoms with E-state index >= 15 is 0 Å². The fourth-order valence-corrected chi connectivity index (χ4v) is 4.31. The van der Waals surface area contributed by atoms with Crippen LogP contribution in [0.1, 0.15) is 64.2 Å². The summed E-state index contributed by atoms with van der Waals surface area (Å²) in [6.07, 6.45) is 14.4. The van der Waals surface area contributed by atoms with Gasteiger partial charge < -0.3 is 10.6 Å². The second-order valence-corrected chi connectivity index (χ2v) is 6.62. The van der Waals surface area contributed by atoms with Crippen LogP contribution in [0.4, 0.5) is 0 Å². The number of hydrogen-bond acceptors (Lipinski definition) is 2. The average molecular weight is 236 g/mol. The molecule has 1 heterocycles. The summed E-state index contributed by atoms with van der Waals surface area (Å²) >= 11 is 0. The lowest BCUT2D eigenvalue weighted by Crippen LogP contribution is -2.54. The van der Waals surface area contributed by atoms with E-state index in [9.17, 15) is 0 Å². The summed E-state index contributed by atoms with van der Waals surface area (Å²) in [7, 11) is 0. The summed E-state index contributed by atoms with van der Waals surface area (Å²) in [6, 6.07) is 0.817. The third-order valence-electron chi connectivity index (χ3n) is 5.33. The summed E-state index contributed by atoms with van der Waals surface area (Å²) < 4.78 is 0. The van der Waals surface area contributed by atoms with Crippen molar-refractivity contribution in [2.75, 3.05) is 13.1 Å². The zero-order chi connectivity index (χ0) is 11.6. The van der Waals surface area contributed by atoms with Crippen LogP contribution in [0.3, 0.4) is 0 Å². The second-order valence-electron chi connectivity index (χ2n) is 6.62. The molecule has 0 aromatic rings. The van der Waals surface area contributed by atoms with Crippen LogP contribution in [0.15, 0.2) is 0 Å². The van der Waals surface area contributed by atoms with Gasteiger partial charge in [0.1, 0.15) is 0 Å². The van der Waals surface area contributed by atoms with Crippen LogP contribution < -0.4 is 10.6 Å². The molecule has 2 nitrogen and oxygen atoms in total. The summed E-state index contributed by atoms with van der Waals surface area (Å²) in [6.45, 7) is 2.49. The maximum absolute atomic E-state index is 4.11. The largest absolute Gasteiger partial charge is 0.315 e. The molecule has 2 unspecified atom stereocenters. The molecule has 1 aliphatic heterocycles. The van der Waals surface area contributed by atoms with Crippen LogP contribution in [-0.4, -0.2) is 24.7 Å². The van der Waals surface area contributed by atoms with E-state index in [2.05, 4.69) is 10.6 Å². The Morgan fingerprint density at radius 1 is 0.824 bits per heavy atom. The molecule has 0 aromatic heterocycles. The third kappa shape index (κ3) is 2.68. The van der Waals surface area contributed by atoms with Crippen LogP contribution in [0.25, 0.3) is 0 Å². The molecule has 0 amide bonds. The van der Waals surface area contributed by atoms with Crippen molar-refractivity contribution in [3.8, 4) is 0 Å². The quantitative estimate of drug-likeness (QED) is 0.676. The highest BCUT2D eigenvalue weighted by Gasteiger charge is 2.38. The Morgan fingerprint density at radius 2 is 1.59 bits per heavy atom. The smallest absolute Gasteiger partial charge is 0.0308 e. The van der Waals surface area contributed by atoms with E-state index in [0.29, 0.717) is 5.54 Å². The highest BCUT2D eigenvalue weighted by atomic mass is 15.1. The van der Waals surface area contributed by atoms with Gasteiger partial charge in [-0.05, 0) is 38.1 Å². The van der Waals surface area contributed by atoms with Crippen LogP contribution in [0.2, 0.25) is 0 Å². The molecule has 0 bridgehead atoms. The van der Waals surface area contributed by atoms with Gasteiger partial charge >= 0.3 is 0 Å². The van der Waals surface area contributed by atoms with E-state index in [0.717, 1.165) is 12.0 Å². The van der Waals surface area contributed by atoms with Crippen LogP contribution in [-0.2, 0) is 0 Å². The number of rotatable bonds is 0. The third-order valence-corrected chi connectivity index (χ3v) is 5.33. The Balaban J connectivity index is 1.71. The molecule has 3 aliphatic rings. The van der Waals surface area contributed by atoms with Gasteiger partial charge in [-0.15, -0.1) is 0 Å². The maximum atomic E-state index is 4.11. The van der Waals surface area contributed by atoms with Crippen molar-refractivity contribution in [1.82, 2.24) is 10.6 Å². The fourth-order valence-electron chi connectivity index (χ4n) is 4.31. The highest BCUT2D eigenvalue weighted by molar-refractivity contribution is 4.99. The standard InChI is InChI=1S/C15H28N2/c1-2-6-10-15(9-5-1)12-16-11-13-7-3-4-8-14(13)17-15/h13-14,16-17H,1-12H2. The van der Waals surface area contributed by atoms with Gasteiger partial charge in [0.25, 0.3) is 0 Å². The van der Waals surface area contributed by atoms with Crippen molar-refractivity contribution in [2.24, 2.45) is 5.92 Å². The Labute approximate surface area is 106 Å².